The number of carboxylic acids is 1. The number of nitrogens with zero attached hydrogens (tertiary/aromatic N) is 2. The molecule has 8 nitrogen and oxygen atoms in total. The highest BCUT2D eigenvalue weighted by molar-refractivity contribution is 6.01. The van der Waals surface area contributed by atoms with Crippen LogP contribution in [0.15, 0.2) is 18.2 Å². The number of amides is 2. The van der Waals surface area contributed by atoms with Crippen LogP contribution in [-0.2, 0) is 19.1 Å². The lowest BCUT2D eigenvalue weighted by Crippen LogP contribution is -2.48. The zero-order chi connectivity index (χ0) is 19.6. The zero-order valence-electron chi connectivity index (χ0n) is 15.5. The first-order valence-electron chi connectivity index (χ1n) is 8.96. The van der Waals surface area contributed by atoms with Crippen molar-refractivity contribution in [2.75, 3.05) is 38.3 Å². The molecule has 3 rings (SSSR count). The second-order valence-corrected chi connectivity index (χ2v) is 6.96. The summed E-state index contributed by atoms with van der Waals surface area (Å²) in [6, 6.07) is 5.59. The molecule has 0 spiro atoms. The Morgan fingerprint density at radius 3 is 2.81 bits per heavy atom. The molecule has 0 aliphatic carbocycles. The normalized spacial score (nSPS) is 22.8. The second kappa shape index (κ2) is 7.96. The third-order valence-corrected chi connectivity index (χ3v) is 4.95. The van der Waals surface area contributed by atoms with Crippen molar-refractivity contribution >= 4 is 23.5 Å². The minimum atomic E-state index is -0.955. The number of carboxylic acid groups (broad SMARTS) is 1. The molecule has 2 aliphatic rings. The fraction of sp³-hybridized carbons (Fsp3) is 0.526. The summed E-state index contributed by atoms with van der Waals surface area (Å²) in [7, 11) is 1.55. The fourth-order valence-corrected chi connectivity index (χ4v) is 3.61. The van der Waals surface area contributed by atoms with Gasteiger partial charge in [0.15, 0.2) is 0 Å². The van der Waals surface area contributed by atoms with Crippen molar-refractivity contribution in [3.8, 4) is 5.75 Å². The van der Waals surface area contributed by atoms with Gasteiger partial charge in [-0.15, -0.1) is 0 Å². The summed E-state index contributed by atoms with van der Waals surface area (Å²) in [5.74, 6) is -1.06. The van der Waals surface area contributed by atoms with E-state index in [-0.39, 0.29) is 31.2 Å². The minimum Gasteiger partial charge on any atom is -0.495 e. The maximum Gasteiger partial charge on any atom is 0.306 e. The molecule has 2 heterocycles. The van der Waals surface area contributed by atoms with Gasteiger partial charge in [0.1, 0.15) is 5.75 Å². The van der Waals surface area contributed by atoms with E-state index in [0.29, 0.717) is 31.1 Å². The van der Waals surface area contributed by atoms with Crippen molar-refractivity contribution in [2.24, 2.45) is 5.92 Å². The van der Waals surface area contributed by atoms with E-state index < -0.39 is 18.0 Å². The van der Waals surface area contributed by atoms with E-state index in [9.17, 15) is 14.4 Å². The molecule has 27 heavy (non-hydrogen) atoms. The van der Waals surface area contributed by atoms with E-state index in [0.717, 1.165) is 5.56 Å². The minimum absolute atomic E-state index is 0.118. The average Bonchev–Trinajstić information content (AvgIpc) is 3.02. The van der Waals surface area contributed by atoms with Crippen LogP contribution in [-0.4, -0.2) is 67.2 Å². The van der Waals surface area contributed by atoms with Gasteiger partial charge in [0, 0.05) is 26.1 Å². The molecule has 0 unspecified atom stereocenters. The molecule has 2 atom stereocenters. The lowest BCUT2D eigenvalue weighted by Gasteiger charge is -2.33. The Kier molecular flexibility index (Phi) is 5.65. The van der Waals surface area contributed by atoms with Gasteiger partial charge >= 0.3 is 5.97 Å². The van der Waals surface area contributed by atoms with E-state index >= 15 is 0 Å². The highest BCUT2D eigenvalue weighted by Gasteiger charge is 2.39. The molecule has 0 bridgehead atoms. The SMILES string of the molecule is COc1ccc(C)cc1N1C[C@H](C(=O)N2CCO[C@@H](CC(=O)O)C2)CC1=O. The molecular weight excluding hydrogens is 352 g/mol. The lowest BCUT2D eigenvalue weighted by molar-refractivity contribution is -0.149. The molecule has 0 aromatic heterocycles. The zero-order valence-corrected chi connectivity index (χ0v) is 15.5. The molecule has 2 fully saturated rings. The van der Waals surface area contributed by atoms with Gasteiger partial charge in [-0.1, -0.05) is 6.07 Å². The summed E-state index contributed by atoms with van der Waals surface area (Å²) in [4.78, 5) is 39.5. The summed E-state index contributed by atoms with van der Waals surface area (Å²) in [6.45, 7) is 3.18. The Morgan fingerprint density at radius 1 is 1.33 bits per heavy atom. The standard InChI is InChI=1S/C19H24N2O6/c1-12-3-4-16(26-2)15(7-12)21-10-13(8-17(21)22)19(25)20-5-6-27-14(11-20)9-18(23)24/h3-4,7,13-14H,5-6,8-11H2,1-2H3,(H,23,24)/t13-,14+/m1/s1. The lowest BCUT2D eigenvalue weighted by atomic mass is 10.1. The predicted octanol–water partition coefficient (Wildman–Crippen LogP) is 1.06. The third kappa shape index (κ3) is 4.21. The molecule has 146 valence electrons. The first kappa shape index (κ1) is 19.2. The number of benzene rings is 1. The largest absolute Gasteiger partial charge is 0.495 e. The number of carbonyl (C=O) groups excluding carboxylic acids is 2. The van der Waals surface area contributed by atoms with E-state index in [1.54, 1.807) is 16.9 Å². The highest BCUT2D eigenvalue weighted by Crippen LogP contribution is 2.34. The number of methoxy groups -OCH3 is 1. The smallest absolute Gasteiger partial charge is 0.306 e. The molecule has 1 aromatic carbocycles. The van der Waals surface area contributed by atoms with Gasteiger partial charge in [-0.3, -0.25) is 14.4 Å². The number of aryl methyl sites for hydroxylation is 1. The summed E-state index contributed by atoms with van der Waals surface area (Å²) in [6.07, 6.45) is -0.512. The van der Waals surface area contributed by atoms with Crippen LogP contribution in [0.2, 0.25) is 0 Å². The molecule has 8 heteroatoms. The van der Waals surface area contributed by atoms with Crippen LogP contribution < -0.4 is 9.64 Å². The van der Waals surface area contributed by atoms with Crippen molar-refractivity contribution in [1.82, 2.24) is 4.90 Å². The number of hydrogen-bond donors (Lipinski definition) is 1. The first-order chi connectivity index (χ1) is 12.9. The quantitative estimate of drug-likeness (QED) is 0.825. The van der Waals surface area contributed by atoms with Crippen molar-refractivity contribution < 1.29 is 29.0 Å². The Balaban J connectivity index is 1.71. The Hall–Kier alpha value is -2.61. The molecule has 2 saturated heterocycles. The van der Waals surface area contributed by atoms with Crippen molar-refractivity contribution in [1.29, 1.82) is 0 Å². The third-order valence-electron chi connectivity index (χ3n) is 4.95. The van der Waals surface area contributed by atoms with Crippen LogP contribution in [0.1, 0.15) is 18.4 Å². The monoisotopic (exact) mass is 376 g/mol. The van der Waals surface area contributed by atoms with Crippen LogP contribution >= 0.6 is 0 Å². The van der Waals surface area contributed by atoms with E-state index in [1.165, 1.54) is 0 Å². The summed E-state index contributed by atoms with van der Waals surface area (Å²) in [5.41, 5.74) is 1.67. The number of hydrogen-bond acceptors (Lipinski definition) is 5. The van der Waals surface area contributed by atoms with E-state index in [4.69, 9.17) is 14.6 Å². The summed E-state index contributed by atoms with van der Waals surface area (Å²) < 4.78 is 10.8. The van der Waals surface area contributed by atoms with Gasteiger partial charge in [-0.25, -0.2) is 0 Å². The fourth-order valence-electron chi connectivity index (χ4n) is 3.61. The molecule has 2 amide bonds. The Bertz CT molecular complexity index is 750. The predicted molar refractivity (Wildman–Crippen MR) is 96.8 cm³/mol. The highest BCUT2D eigenvalue weighted by atomic mass is 16.5. The van der Waals surface area contributed by atoms with Gasteiger partial charge in [-0.05, 0) is 24.6 Å². The molecule has 1 N–H and O–H groups in total. The summed E-state index contributed by atoms with van der Waals surface area (Å²) in [5, 5.41) is 8.92. The number of morpholine rings is 1. The molecule has 2 aliphatic heterocycles. The average molecular weight is 376 g/mol. The van der Waals surface area contributed by atoms with Crippen LogP contribution in [0.25, 0.3) is 0 Å². The van der Waals surface area contributed by atoms with Gasteiger partial charge < -0.3 is 24.4 Å². The van der Waals surface area contributed by atoms with Gasteiger partial charge in [0.2, 0.25) is 11.8 Å². The van der Waals surface area contributed by atoms with Crippen molar-refractivity contribution in [2.45, 2.75) is 25.9 Å². The summed E-state index contributed by atoms with van der Waals surface area (Å²) >= 11 is 0. The van der Waals surface area contributed by atoms with Crippen LogP contribution in [0.5, 0.6) is 5.75 Å². The van der Waals surface area contributed by atoms with Crippen LogP contribution in [0.4, 0.5) is 5.69 Å². The number of anilines is 1. The topological polar surface area (TPSA) is 96.4 Å². The van der Waals surface area contributed by atoms with Crippen molar-refractivity contribution in [3.63, 3.8) is 0 Å². The Labute approximate surface area is 157 Å². The first-order valence-corrected chi connectivity index (χ1v) is 8.96. The number of aliphatic carboxylic acids is 1. The van der Waals surface area contributed by atoms with E-state index in [1.807, 2.05) is 25.1 Å². The maximum absolute atomic E-state index is 12.9. The maximum atomic E-state index is 12.9. The van der Waals surface area contributed by atoms with Gasteiger partial charge in [0.25, 0.3) is 0 Å². The molecular formula is C19H24N2O6. The molecule has 1 aromatic rings. The number of carbonyl (C=O) groups is 3. The molecule has 0 saturated carbocycles. The second-order valence-electron chi connectivity index (χ2n) is 6.96. The van der Waals surface area contributed by atoms with E-state index in [2.05, 4.69) is 0 Å². The van der Waals surface area contributed by atoms with Crippen molar-refractivity contribution in [3.05, 3.63) is 23.8 Å². The Morgan fingerprint density at radius 2 is 2.11 bits per heavy atom. The van der Waals surface area contributed by atoms with Crippen LogP contribution in [0, 0.1) is 12.8 Å². The van der Waals surface area contributed by atoms with Gasteiger partial charge in [-0.2, -0.15) is 0 Å². The molecule has 0 radical (unpaired) electrons. The van der Waals surface area contributed by atoms with Gasteiger partial charge in [0.05, 0.1) is 37.8 Å². The number of ether oxygens (including phenoxy) is 2. The van der Waals surface area contributed by atoms with Crippen LogP contribution in [0.3, 0.4) is 0 Å². The number of rotatable bonds is 5.